The number of methoxy groups -OCH3 is 1. The van der Waals surface area contributed by atoms with Crippen molar-refractivity contribution in [3.8, 4) is 22.1 Å². The van der Waals surface area contributed by atoms with Crippen molar-refractivity contribution in [2.24, 2.45) is 7.05 Å². The Morgan fingerprint density at radius 3 is 2.74 bits per heavy atom. The van der Waals surface area contributed by atoms with Gasteiger partial charge in [-0.05, 0) is 37.3 Å². The molecule has 176 valence electrons. The number of carbonyl (C=O) groups excluding carboxylic acids is 1. The summed E-state index contributed by atoms with van der Waals surface area (Å²) in [5.41, 5.74) is 2.05. The number of benzene rings is 2. The minimum Gasteiger partial charge on any atom is -0.493 e. The van der Waals surface area contributed by atoms with Gasteiger partial charge in [0.2, 0.25) is 0 Å². The van der Waals surface area contributed by atoms with E-state index in [0.29, 0.717) is 46.9 Å². The molecule has 0 saturated carbocycles. The van der Waals surface area contributed by atoms with Crippen LogP contribution in [0.1, 0.15) is 24.9 Å². The molecule has 0 aliphatic rings. The summed E-state index contributed by atoms with van der Waals surface area (Å²) in [6.45, 7) is 2.55. The van der Waals surface area contributed by atoms with Gasteiger partial charge >= 0.3 is 5.97 Å². The highest BCUT2D eigenvalue weighted by atomic mass is 32.1. The summed E-state index contributed by atoms with van der Waals surface area (Å²) in [5, 5.41) is 3.21. The molecule has 9 heteroatoms. The fraction of sp³-hybridized carbons (Fsp3) is 0.280. The number of rotatable bonds is 9. The molecule has 2 heterocycles. The summed E-state index contributed by atoms with van der Waals surface area (Å²) >= 11 is 1.46. The first-order valence-electron chi connectivity index (χ1n) is 10.9. The third-order valence-corrected chi connectivity index (χ3v) is 6.21. The van der Waals surface area contributed by atoms with Gasteiger partial charge in [-0.2, -0.15) is 0 Å². The van der Waals surface area contributed by atoms with Gasteiger partial charge in [0.05, 0.1) is 36.7 Å². The summed E-state index contributed by atoms with van der Waals surface area (Å²) in [7, 11) is 3.26. The second-order valence-corrected chi connectivity index (χ2v) is 8.37. The van der Waals surface area contributed by atoms with Crippen LogP contribution >= 0.6 is 11.3 Å². The van der Waals surface area contributed by atoms with Crippen molar-refractivity contribution < 1.29 is 19.0 Å². The highest BCUT2D eigenvalue weighted by Gasteiger charge is 2.13. The molecule has 0 fully saturated rings. The first-order chi connectivity index (χ1) is 16.5. The van der Waals surface area contributed by atoms with Crippen LogP contribution in [0.15, 0.2) is 52.6 Å². The van der Waals surface area contributed by atoms with E-state index in [9.17, 15) is 9.59 Å². The van der Waals surface area contributed by atoms with Gasteiger partial charge in [0.1, 0.15) is 17.4 Å². The molecule has 0 unspecified atom stereocenters. The number of carbonyl (C=O) groups is 1. The molecule has 0 atom stereocenters. The Kier molecular flexibility index (Phi) is 7.22. The standard InChI is InChI=1S/C25H25N3O5S/c1-4-32-20-10-9-16(13-21(20)31-3)24-26-17(15-34-24)14-33-23(29)12-11-22-27-19-8-6-5-7-18(19)25(30)28(22)2/h5-10,13,15H,4,11-12,14H2,1-3H3. The lowest BCUT2D eigenvalue weighted by molar-refractivity contribution is -0.145. The molecule has 34 heavy (non-hydrogen) atoms. The van der Waals surface area contributed by atoms with Crippen LogP contribution in [0.3, 0.4) is 0 Å². The average molecular weight is 480 g/mol. The van der Waals surface area contributed by atoms with Gasteiger partial charge in [-0.1, -0.05) is 12.1 Å². The Morgan fingerprint density at radius 1 is 1.12 bits per heavy atom. The van der Waals surface area contributed by atoms with Crippen LogP contribution in [0, 0.1) is 0 Å². The van der Waals surface area contributed by atoms with E-state index in [1.807, 2.05) is 36.6 Å². The molecular weight excluding hydrogens is 454 g/mol. The molecule has 0 amide bonds. The molecule has 8 nitrogen and oxygen atoms in total. The number of nitrogens with zero attached hydrogens (tertiary/aromatic N) is 3. The third kappa shape index (κ3) is 5.09. The van der Waals surface area contributed by atoms with Crippen LogP contribution in [0.4, 0.5) is 0 Å². The molecule has 0 aliphatic heterocycles. The maximum atomic E-state index is 12.5. The lowest BCUT2D eigenvalue weighted by Crippen LogP contribution is -2.23. The number of aryl methyl sites for hydroxylation is 1. The van der Waals surface area contributed by atoms with Gasteiger partial charge in [0.15, 0.2) is 11.5 Å². The van der Waals surface area contributed by atoms with Gasteiger partial charge < -0.3 is 14.2 Å². The molecule has 4 aromatic rings. The van der Waals surface area contributed by atoms with Crippen LogP contribution in [0.2, 0.25) is 0 Å². The summed E-state index contributed by atoms with van der Waals surface area (Å²) in [4.78, 5) is 33.9. The quantitative estimate of drug-likeness (QED) is 0.333. The summed E-state index contributed by atoms with van der Waals surface area (Å²) in [6, 6.07) is 12.8. The van der Waals surface area contributed by atoms with E-state index >= 15 is 0 Å². The largest absolute Gasteiger partial charge is 0.493 e. The predicted molar refractivity (Wildman–Crippen MR) is 130 cm³/mol. The van der Waals surface area contributed by atoms with Crippen molar-refractivity contribution in [1.82, 2.24) is 14.5 Å². The van der Waals surface area contributed by atoms with Crippen molar-refractivity contribution in [1.29, 1.82) is 0 Å². The molecular formula is C25H25N3O5S. The molecule has 0 bridgehead atoms. The highest BCUT2D eigenvalue weighted by Crippen LogP contribution is 2.33. The smallest absolute Gasteiger partial charge is 0.306 e. The third-order valence-electron chi connectivity index (χ3n) is 5.27. The molecule has 0 N–H and O–H groups in total. The van der Waals surface area contributed by atoms with Crippen molar-refractivity contribution >= 4 is 28.2 Å². The number of ether oxygens (including phenoxy) is 3. The van der Waals surface area contributed by atoms with Gasteiger partial charge in [-0.25, -0.2) is 9.97 Å². The molecule has 0 saturated heterocycles. The van der Waals surface area contributed by atoms with Gasteiger partial charge in [-0.3, -0.25) is 14.2 Å². The van der Waals surface area contributed by atoms with E-state index in [1.54, 1.807) is 32.4 Å². The fourth-order valence-electron chi connectivity index (χ4n) is 3.51. The van der Waals surface area contributed by atoms with Crippen molar-refractivity contribution in [2.45, 2.75) is 26.4 Å². The summed E-state index contributed by atoms with van der Waals surface area (Å²) in [5.74, 6) is 1.48. The molecule has 4 rings (SSSR count). The summed E-state index contributed by atoms with van der Waals surface area (Å²) in [6.07, 6.45) is 0.426. The molecule has 0 radical (unpaired) electrons. The van der Waals surface area contributed by atoms with Crippen molar-refractivity contribution in [3.05, 3.63) is 69.7 Å². The first kappa shape index (κ1) is 23.4. The number of para-hydroxylation sites is 1. The van der Waals surface area contributed by atoms with E-state index in [2.05, 4.69) is 9.97 Å². The zero-order chi connectivity index (χ0) is 24.1. The molecule has 0 spiro atoms. The Balaban J connectivity index is 1.36. The SMILES string of the molecule is CCOc1ccc(-c2nc(COC(=O)CCc3nc4ccccc4c(=O)n3C)cs2)cc1OC. The first-order valence-corrected chi connectivity index (χ1v) is 11.7. The number of hydrogen-bond acceptors (Lipinski definition) is 8. The normalized spacial score (nSPS) is 10.9. The Morgan fingerprint density at radius 2 is 1.94 bits per heavy atom. The van der Waals surface area contributed by atoms with E-state index in [-0.39, 0.29) is 24.6 Å². The summed E-state index contributed by atoms with van der Waals surface area (Å²) < 4.78 is 17.8. The minimum absolute atomic E-state index is 0.0770. The van der Waals surface area contributed by atoms with Gasteiger partial charge in [0, 0.05) is 24.4 Å². The van der Waals surface area contributed by atoms with E-state index in [1.165, 1.54) is 15.9 Å². The second-order valence-electron chi connectivity index (χ2n) is 7.51. The maximum Gasteiger partial charge on any atom is 0.306 e. The predicted octanol–water partition coefficient (Wildman–Crippen LogP) is 4.14. The lowest BCUT2D eigenvalue weighted by Gasteiger charge is -2.10. The van der Waals surface area contributed by atoms with Crippen LogP contribution in [0.25, 0.3) is 21.5 Å². The maximum absolute atomic E-state index is 12.5. The zero-order valence-corrected chi connectivity index (χ0v) is 20.1. The Hall–Kier alpha value is -3.72. The number of aromatic nitrogens is 3. The molecule has 2 aromatic heterocycles. The van der Waals surface area contributed by atoms with Crippen LogP contribution < -0.4 is 15.0 Å². The van der Waals surface area contributed by atoms with E-state index in [0.717, 1.165) is 10.6 Å². The lowest BCUT2D eigenvalue weighted by atomic mass is 10.2. The average Bonchev–Trinajstić information content (AvgIpc) is 3.33. The Bertz CT molecular complexity index is 1380. The van der Waals surface area contributed by atoms with Gasteiger partial charge in [0.25, 0.3) is 5.56 Å². The topological polar surface area (TPSA) is 92.5 Å². The van der Waals surface area contributed by atoms with Crippen molar-refractivity contribution in [2.75, 3.05) is 13.7 Å². The second kappa shape index (κ2) is 10.5. The van der Waals surface area contributed by atoms with E-state index < -0.39 is 0 Å². The number of hydrogen-bond donors (Lipinski definition) is 0. The van der Waals surface area contributed by atoms with E-state index in [4.69, 9.17) is 14.2 Å². The number of fused-ring (bicyclic) bond motifs is 1. The Labute approximate surface area is 200 Å². The van der Waals surface area contributed by atoms with Crippen molar-refractivity contribution in [3.63, 3.8) is 0 Å². The molecule has 2 aromatic carbocycles. The monoisotopic (exact) mass is 479 g/mol. The number of thiazole rings is 1. The zero-order valence-electron chi connectivity index (χ0n) is 19.2. The van der Waals surface area contributed by atoms with Gasteiger partial charge in [-0.15, -0.1) is 11.3 Å². The van der Waals surface area contributed by atoms with Crippen LogP contribution in [-0.2, 0) is 29.6 Å². The highest BCUT2D eigenvalue weighted by molar-refractivity contribution is 7.13. The van der Waals surface area contributed by atoms with Crippen LogP contribution in [0.5, 0.6) is 11.5 Å². The van der Waals surface area contributed by atoms with Crippen LogP contribution in [-0.4, -0.2) is 34.2 Å². The number of esters is 1. The molecule has 0 aliphatic carbocycles. The fourth-order valence-corrected chi connectivity index (χ4v) is 4.31. The minimum atomic E-state index is -0.375.